The van der Waals surface area contributed by atoms with Crippen LogP contribution in [-0.4, -0.2) is 10.8 Å². The molecule has 1 aromatic heterocycles. The van der Waals surface area contributed by atoms with Crippen molar-refractivity contribution < 1.29 is 14.1 Å². The van der Waals surface area contributed by atoms with Crippen molar-refractivity contribution in [1.82, 2.24) is 0 Å². The van der Waals surface area contributed by atoms with Crippen molar-refractivity contribution in [2.24, 2.45) is 0 Å². The van der Waals surface area contributed by atoms with Gasteiger partial charge < -0.3 is 5.32 Å². The van der Waals surface area contributed by atoms with Crippen LogP contribution in [0.5, 0.6) is 0 Å². The minimum atomic E-state index is -0.798. The van der Waals surface area contributed by atoms with E-state index in [4.69, 9.17) is 0 Å². The number of nitro benzene ring substituents is 1. The molecule has 0 radical (unpaired) electrons. The van der Waals surface area contributed by atoms with Gasteiger partial charge >= 0.3 is 0 Å². The molecule has 92 valence electrons. The third-order valence-corrected chi connectivity index (χ3v) is 2.87. The Morgan fingerprint density at radius 3 is 2.78 bits per heavy atom. The van der Waals surface area contributed by atoms with Crippen LogP contribution in [0.25, 0.3) is 0 Å². The summed E-state index contributed by atoms with van der Waals surface area (Å²) in [4.78, 5) is 21.6. The van der Waals surface area contributed by atoms with Crippen LogP contribution in [0.1, 0.15) is 10.4 Å². The standard InChI is InChI=1S/C11H7FN2O3S/c12-10-2-1-8(14(16)17)5-9(10)11(15)13-7-3-4-18-6-7/h1-6H,(H,13,15). The van der Waals surface area contributed by atoms with Gasteiger partial charge in [-0.3, -0.25) is 14.9 Å². The summed E-state index contributed by atoms with van der Waals surface area (Å²) in [5, 5.41) is 16.4. The zero-order valence-corrected chi connectivity index (χ0v) is 9.74. The summed E-state index contributed by atoms with van der Waals surface area (Å²) in [6.45, 7) is 0. The Morgan fingerprint density at radius 2 is 2.17 bits per heavy atom. The van der Waals surface area contributed by atoms with Crippen LogP contribution < -0.4 is 5.32 Å². The average molecular weight is 266 g/mol. The number of halogens is 1. The average Bonchev–Trinajstić information content (AvgIpc) is 2.81. The largest absolute Gasteiger partial charge is 0.321 e. The fourth-order valence-electron chi connectivity index (χ4n) is 1.33. The highest BCUT2D eigenvalue weighted by Crippen LogP contribution is 2.19. The second kappa shape index (κ2) is 4.92. The van der Waals surface area contributed by atoms with Crippen molar-refractivity contribution in [3.05, 3.63) is 56.5 Å². The molecule has 0 saturated carbocycles. The number of hydrogen-bond donors (Lipinski definition) is 1. The van der Waals surface area contributed by atoms with Crippen LogP contribution in [0, 0.1) is 15.9 Å². The fraction of sp³-hybridized carbons (Fsp3) is 0. The molecule has 0 fully saturated rings. The highest BCUT2D eigenvalue weighted by molar-refractivity contribution is 7.08. The monoisotopic (exact) mass is 266 g/mol. The lowest BCUT2D eigenvalue weighted by Gasteiger charge is -2.03. The lowest BCUT2D eigenvalue weighted by molar-refractivity contribution is -0.384. The second-order valence-electron chi connectivity index (χ2n) is 3.39. The van der Waals surface area contributed by atoms with Crippen molar-refractivity contribution in [3.8, 4) is 0 Å². The molecule has 2 aromatic rings. The maximum atomic E-state index is 13.4. The van der Waals surface area contributed by atoms with Crippen molar-refractivity contribution in [1.29, 1.82) is 0 Å². The quantitative estimate of drug-likeness (QED) is 0.685. The fourth-order valence-corrected chi connectivity index (χ4v) is 1.92. The van der Waals surface area contributed by atoms with Gasteiger partial charge in [0.2, 0.25) is 0 Å². The molecule has 1 heterocycles. The van der Waals surface area contributed by atoms with Crippen LogP contribution in [0.2, 0.25) is 0 Å². The normalized spacial score (nSPS) is 10.1. The Kier molecular flexibility index (Phi) is 3.33. The van der Waals surface area contributed by atoms with E-state index in [1.54, 1.807) is 16.8 Å². The van der Waals surface area contributed by atoms with Gasteiger partial charge in [-0.2, -0.15) is 11.3 Å². The first-order valence-electron chi connectivity index (χ1n) is 4.85. The Labute approximate surface area is 105 Å². The predicted octanol–water partition coefficient (Wildman–Crippen LogP) is 3.05. The Balaban J connectivity index is 2.29. The molecule has 0 bridgehead atoms. The smallest absolute Gasteiger partial charge is 0.270 e. The molecule has 0 aliphatic carbocycles. The van der Waals surface area contributed by atoms with E-state index in [9.17, 15) is 19.3 Å². The molecule has 0 saturated heterocycles. The second-order valence-corrected chi connectivity index (χ2v) is 4.17. The van der Waals surface area contributed by atoms with E-state index in [1.165, 1.54) is 11.3 Å². The van der Waals surface area contributed by atoms with E-state index in [1.807, 2.05) is 0 Å². The van der Waals surface area contributed by atoms with Crippen molar-refractivity contribution in [3.63, 3.8) is 0 Å². The highest BCUT2D eigenvalue weighted by Gasteiger charge is 2.17. The first-order valence-corrected chi connectivity index (χ1v) is 5.79. The van der Waals surface area contributed by atoms with Crippen LogP contribution in [0.3, 0.4) is 0 Å². The molecule has 5 nitrogen and oxygen atoms in total. The number of rotatable bonds is 3. The molecule has 0 aliphatic rings. The lowest BCUT2D eigenvalue weighted by Crippen LogP contribution is -2.13. The summed E-state index contributed by atoms with van der Waals surface area (Å²) in [6, 6.07) is 4.48. The topological polar surface area (TPSA) is 72.2 Å². The molecule has 18 heavy (non-hydrogen) atoms. The summed E-state index contributed by atoms with van der Waals surface area (Å²) < 4.78 is 13.4. The van der Waals surface area contributed by atoms with E-state index >= 15 is 0 Å². The van der Waals surface area contributed by atoms with Gasteiger partial charge in [-0.05, 0) is 17.5 Å². The summed E-state index contributed by atoms with van der Waals surface area (Å²) in [5.41, 5.74) is -0.154. The van der Waals surface area contributed by atoms with E-state index < -0.39 is 16.6 Å². The third-order valence-electron chi connectivity index (χ3n) is 2.18. The number of carbonyl (C=O) groups excluding carboxylic acids is 1. The molecule has 1 N–H and O–H groups in total. The maximum Gasteiger partial charge on any atom is 0.270 e. The van der Waals surface area contributed by atoms with Gasteiger partial charge in [0.05, 0.1) is 16.2 Å². The summed E-state index contributed by atoms with van der Waals surface area (Å²) in [7, 11) is 0. The number of benzene rings is 1. The molecular formula is C11H7FN2O3S. The molecule has 7 heteroatoms. The number of carbonyl (C=O) groups is 1. The minimum Gasteiger partial charge on any atom is -0.321 e. The third kappa shape index (κ3) is 2.51. The molecular weight excluding hydrogens is 259 g/mol. The molecule has 0 atom stereocenters. The molecule has 0 unspecified atom stereocenters. The molecule has 1 aromatic carbocycles. The van der Waals surface area contributed by atoms with E-state index in [-0.39, 0.29) is 11.3 Å². The first-order chi connectivity index (χ1) is 8.58. The van der Waals surface area contributed by atoms with E-state index in [2.05, 4.69) is 5.32 Å². The number of nitrogens with zero attached hydrogens (tertiary/aromatic N) is 1. The van der Waals surface area contributed by atoms with Gasteiger partial charge in [0.15, 0.2) is 0 Å². The number of anilines is 1. The first kappa shape index (κ1) is 12.2. The van der Waals surface area contributed by atoms with Crippen LogP contribution >= 0.6 is 11.3 Å². The summed E-state index contributed by atoms with van der Waals surface area (Å²) >= 11 is 1.37. The summed E-state index contributed by atoms with van der Waals surface area (Å²) in [6.07, 6.45) is 0. The van der Waals surface area contributed by atoms with Crippen LogP contribution in [-0.2, 0) is 0 Å². The molecule has 0 spiro atoms. The van der Waals surface area contributed by atoms with Crippen molar-refractivity contribution in [2.75, 3.05) is 5.32 Å². The summed E-state index contributed by atoms with van der Waals surface area (Å²) in [5.74, 6) is -1.51. The van der Waals surface area contributed by atoms with E-state index in [0.717, 1.165) is 18.2 Å². The molecule has 0 aliphatic heterocycles. The van der Waals surface area contributed by atoms with Gasteiger partial charge in [-0.25, -0.2) is 4.39 Å². The highest BCUT2D eigenvalue weighted by atomic mass is 32.1. The van der Waals surface area contributed by atoms with Gasteiger partial charge in [0.1, 0.15) is 5.82 Å². The van der Waals surface area contributed by atoms with Gasteiger partial charge in [0.25, 0.3) is 11.6 Å². The van der Waals surface area contributed by atoms with Gasteiger partial charge in [-0.1, -0.05) is 0 Å². The molecule has 1 amide bonds. The Hall–Kier alpha value is -2.28. The van der Waals surface area contributed by atoms with Gasteiger partial charge in [0, 0.05) is 17.5 Å². The lowest BCUT2D eigenvalue weighted by atomic mass is 10.1. The van der Waals surface area contributed by atoms with Crippen molar-refractivity contribution in [2.45, 2.75) is 0 Å². The van der Waals surface area contributed by atoms with Crippen molar-refractivity contribution >= 4 is 28.6 Å². The zero-order valence-electron chi connectivity index (χ0n) is 8.92. The Morgan fingerprint density at radius 1 is 1.39 bits per heavy atom. The van der Waals surface area contributed by atoms with E-state index in [0.29, 0.717) is 5.69 Å². The maximum absolute atomic E-state index is 13.4. The SMILES string of the molecule is O=C(Nc1ccsc1)c1cc([N+](=O)[O-])ccc1F. The minimum absolute atomic E-state index is 0.327. The van der Waals surface area contributed by atoms with Gasteiger partial charge in [-0.15, -0.1) is 0 Å². The Bertz CT molecular complexity index is 598. The number of amides is 1. The number of thiophene rings is 1. The molecule has 2 rings (SSSR count). The van der Waals surface area contributed by atoms with Crippen LogP contribution in [0.15, 0.2) is 35.0 Å². The number of non-ortho nitro benzene ring substituents is 1. The predicted molar refractivity (Wildman–Crippen MR) is 65.3 cm³/mol. The van der Waals surface area contributed by atoms with Crippen LogP contribution in [0.4, 0.5) is 15.8 Å². The zero-order chi connectivity index (χ0) is 13.1. The number of nitrogens with one attached hydrogen (secondary N) is 1. The number of hydrogen-bond acceptors (Lipinski definition) is 4. The number of nitro groups is 1.